The summed E-state index contributed by atoms with van der Waals surface area (Å²) in [6.07, 6.45) is 8.69. The second-order valence-corrected chi connectivity index (χ2v) is 5.04. The summed E-state index contributed by atoms with van der Waals surface area (Å²) in [6, 6.07) is 0.241. The maximum absolute atomic E-state index is 12.4. The van der Waals surface area contributed by atoms with Gasteiger partial charge in [0.15, 0.2) is 0 Å². The fourth-order valence-electron chi connectivity index (χ4n) is 2.69. The first-order chi connectivity index (χ1) is 9.34. The van der Waals surface area contributed by atoms with E-state index in [9.17, 15) is 4.79 Å². The van der Waals surface area contributed by atoms with Crippen molar-refractivity contribution in [1.29, 1.82) is 0 Å². The van der Waals surface area contributed by atoms with E-state index in [4.69, 9.17) is 4.74 Å². The summed E-state index contributed by atoms with van der Waals surface area (Å²) in [7, 11) is 0. The number of likely N-dealkylation sites (tertiary alicyclic amines) is 1. The lowest BCUT2D eigenvalue weighted by Gasteiger charge is -2.33. The summed E-state index contributed by atoms with van der Waals surface area (Å²) in [6.45, 7) is 2.25. The van der Waals surface area contributed by atoms with Crippen LogP contribution in [-0.2, 0) is 9.53 Å². The van der Waals surface area contributed by atoms with Gasteiger partial charge in [0.1, 0.15) is 12.7 Å². The molecule has 3 heterocycles. The Hall–Kier alpha value is -1.85. The van der Waals surface area contributed by atoms with Crippen LogP contribution in [0.25, 0.3) is 0 Å². The van der Waals surface area contributed by atoms with Crippen LogP contribution in [0.1, 0.15) is 31.7 Å². The molecule has 1 fully saturated rings. The van der Waals surface area contributed by atoms with Crippen molar-refractivity contribution >= 4 is 5.91 Å². The molecule has 0 aromatic carbocycles. The van der Waals surface area contributed by atoms with Crippen LogP contribution < -0.4 is 0 Å². The van der Waals surface area contributed by atoms with Crippen molar-refractivity contribution in [2.75, 3.05) is 19.7 Å². The van der Waals surface area contributed by atoms with Crippen LogP contribution in [0.4, 0.5) is 0 Å². The average molecular weight is 262 g/mol. The van der Waals surface area contributed by atoms with Crippen molar-refractivity contribution in [2.24, 2.45) is 0 Å². The first kappa shape index (κ1) is 12.2. The van der Waals surface area contributed by atoms with Crippen molar-refractivity contribution in [3.63, 3.8) is 0 Å². The van der Waals surface area contributed by atoms with Gasteiger partial charge in [0, 0.05) is 13.1 Å². The third kappa shape index (κ3) is 2.62. The Morgan fingerprint density at radius 1 is 1.42 bits per heavy atom. The third-order valence-corrected chi connectivity index (χ3v) is 3.70. The van der Waals surface area contributed by atoms with E-state index in [0.717, 1.165) is 44.4 Å². The number of carbonyl (C=O) groups excluding carboxylic acids is 1. The maximum Gasteiger partial charge on any atom is 0.252 e. The number of hydrogen-bond donors (Lipinski definition) is 0. The molecule has 102 valence electrons. The fourth-order valence-corrected chi connectivity index (χ4v) is 2.69. The van der Waals surface area contributed by atoms with E-state index in [1.807, 2.05) is 9.58 Å². The van der Waals surface area contributed by atoms with Gasteiger partial charge in [-0.1, -0.05) is 0 Å². The minimum atomic E-state index is 0.115. The second-order valence-electron chi connectivity index (χ2n) is 5.04. The minimum absolute atomic E-state index is 0.115. The van der Waals surface area contributed by atoms with Crippen molar-refractivity contribution in [3.8, 4) is 0 Å². The van der Waals surface area contributed by atoms with E-state index in [-0.39, 0.29) is 11.9 Å². The van der Waals surface area contributed by atoms with Gasteiger partial charge in [-0.05, 0) is 25.7 Å². The molecule has 1 aromatic heterocycles. The molecule has 1 amide bonds. The molecule has 0 bridgehead atoms. The zero-order valence-electron chi connectivity index (χ0n) is 10.9. The topological polar surface area (TPSA) is 60.2 Å². The van der Waals surface area contributed by atoms with E-state index in [0.29, 0.717) is 6.54 Å². The normalized spacial score (nSPS) is 23.7. The van der Waals surface area contributed by atoms with Crippen molar-refractivity contribution in [2.45, 2.75) is 31.7 Å². The van der Waals surface area contributed by atoms with Crippen molar-refractivity contribution < 1.29 is 9.53 Å². The molecule has 0 radical (unpaired) electrons. The van der Waals surface area contributed by atoms with Gasteiger partial charge in [-0.2, -0.15) is 5.10 Å². The number of aromatic nitrogens is 3. The number of piperidine rings is 1. The SMILES string of the molecule is O=C(C1=COCCC1)N1CCC[C@H](n2cncn2)C1. The molecule has 6 nitrogen and oxygen atoms in total. The van der Waals surface area contributed by atoms with Gasteiger partial charge in [0.25, 0.3) is 5.91 Å². The van der Waals surface area contributed by atoms with Crippen LogP contribution in [0.15, 0.2) is 24.5 Å². The first-order valence-corrected chi connectivity index (χ1v) is 6.78. The zero-order valence-corrected chi connectivity index (χ0v) is 10.9. The molecule has 2 aliphatic rings. The molecule has 2 aliphatic heterocycles. The van der Waals surface area contributed by atoms with Crippen LogP contribution >= 0.6 is 0 Å². The lowest BCUT2D eigenvalue weighted by molar-refractivity contribution is -0.129. The Kier molecular flexibility index (Phi) is 3.48. The number of hydrogen-bond acceptors (Lipinski definition) is 4. The van der Waals surface area contributed by atoms with Crippen molar-refractivity contribution in [3.05, 3.63) is 24.5 Å². The molecule has 1 atom stereocenters. The average Bonchev–Trinajstić information content (AvgIpc) is 3.02. The Morgan fingerprint density at radius 2 is 2.37 bits per heavy atom. The monoisotopic (exact) mass is 262 g/mol. The van der Waals surface area contributed by atoms with Gasteiger partial charge in [0.05, 0.1) is 24.5 Å². The zero-order chi connectivity index (χ0) is 13.1. The molecule has 1 saturated heterocycles. The van der Waals surface area contributed by atoms with Gasteiger partial charge in [-0.15, -0.1) is 0 Å². The smallest absolute Gasteiger partial charge is 0.252 e. The summed E-state index contributed by atoms with van der Waals surface area (Å²) in [5.41, 5.74) is 0.797. The predicted octanol–water partition coefficient (Wildman–Crippen LogP) is 1.14. The Balaban J connectivity index is 1.68. The molecule has 0 N–H and O–H groups in total. The number of amides is 1. The maximum atomic E-state index is 12.4. The van der Waals surface area contributed by atoms with E-state index in [2.05, 4.69) is 10.1 Å². The summed E-state index contributed by atoms with van der Waals surface area (Å²) in [4.78, 5) is 18.3. The number of nitrogens with zero attached hydrogens (tertiary/aromatic N) is 4. The highest BCUT2D eigenvalue weighted by Gasteiger charge is 2.27. The van der Waals surface area contributed by atoms with Gasteiger partial charge >= 0.3 is 0 Å². The van der Waals surface area contributed by atoms with Crippen LogP contribution in [0.5, 0.6) is 0 Å². The minimum Gasteiger partial charge on any atom is -0.501 e. The molecule has 0 spiro atoms. The largest absolute Gasteiger partial charge is 0.501 e. The van der Waals surface area contributed by atoms with Crippen LogP contribution in [-0.4, -0.2) is 45.3 Å². The highest BCUT2D eigenvalue weighted by molar-refractivity contribution is 5.93. The van der Waals surface area contributed by atoms with Gasteiger partial charge in [-0.3, -0.25) is 4.79 Å². The molecular formula is C13H18N4O2. The van der Waals surface area contributed by atoms with Gasteiger partial charge in [-0.25, -0.2) is 9.67 Å². The summed E-state index contributed by atoms with van der Waals surface area (Å²) in [5.74, 6) is 0.115. The van der Waals surface area contributed by atoms with E-state index in [1.165, 1.54) is 6.33 Å². The van der Waals surface area contributed by atoms with Crippen LogP contribution in [0.3, 0.4) is 0 Å². The number of carbonyl (C=O) groups is 1. The van der Waals surface area contributed by atoms with E-state index < -0.39 is 0 Å². The first-order valence-electron chi connectivity index (χ1n) is 6.78. The molecule has 19 heavy (non-hydrogen) atoms. The quantitative estimate of drug-likeness (QED) is 0.801. The van der Waals surface area contributed by atoms with Crippen LogP contribution in [0.2, 0.25) is 0 Å². The summed E-state index contributed by atoms with van der Waals surface area (Å²) in [5, 5.41) is 4.17. The Labute approximate surface area is 112 Å². The highest BCUT2D eigenvalue weighted by Crippen LogP contribution is 2.23. The Bertz CT molecular complexity index is 469. The molecule has 3 rings (SSSR count). The molecular weight excluding hydrogens is 244 g/mol. The number of rotatable bonds is 2. The summed E-state index contributed by atoms with van der Waals surface area (Å²) >= 11 is 0. The lowest BCUT2D eigenvalue weighted by Crippen LogP contribution is -2.41. The molecule has 0 saturated carbocycles. The fraction of sp³-hybridized carbons (Fsp3) is 0.615. The summed E-state index contributed by atoms with van der Waals surface area (Å²) < 4.78 is 7.11. The lowest BCUT2D eigenvalue weighted by atomic mass is 10.0. The predicted molar refractivity (Wildman–Crippen MR) is 68.1 cm³/mol. The molecule has 0 aliphatic carbocycles. The Morgan fingerprint density at radius 3 is 3.11 bits per heavy atom. The third-order valence-electron chi connectivity index (χ3n) is 3.70. The molecule has 1 aromatic rings. The van der Waals surface area contributed by atoms with Crippen molar-refractivity contribution in [1.82, 2.24) is 19.7 Å². The standard InChI is InChI=1S/C13H18N4O2/c18-13(11-3-2-6-19-8-11)16-5-1-4-12(7-16)17-10-14-9-15-17/h8-10,12H,1-7H2/t12-/m0/s1. The second kappa shape index (κ2) is 5.42. The highest BCUT2D eigenvalue weighted by atomic mass is 16.5. The molecule has 6 heteroatoms. The van der Waals surface area contributed by atoms with E-state index >= 15 is 0 Å². The van der Waals surface area contributed by atoms with Gasteiger partial charge < -0.3 is 9.64 Å². The van der Waals surface area contributed by atoms with E-state index in [1.54, 1.807) is 12.6 Å². The van der Waals surface area contributed by atoms with Gasteiger partial charge in [0.2, 0.25) is 0 Å². The molecule has 0 unspecified atom stereocenters. The van der Waals surface area contributed by atoms with Crippen LogP contribution in [0, 0.1) is 0 Å². The number of ether oxygens (including phenoxy) is 1.